The Balaban J connectivity index is 1.97. The van der Waals surface area contributed by atoms with Gasteiger partial charge in [0.25, 0.3) is 0 Å². The molecule has 4 aromatic rings. The van der Waals surface area contributed by atoms with Gasteiger partial charge in [0.05, 0.1) is 5.56 Å². The summed E-state index contributed by atoms with van der Waals surface area (Å²) < 4.78 is 42.7. The lowest BCUT2D eigenvalue weighted by Gasteiger charge is -2.11. The van der Waals surface area contributed by atoms with Crippen LogP contribution in [0.15, 0.2) is 54.6 Å². The zero-order valence-corrected chi connectivity index (χ0v) is 16.2. The van der Waals surface area contributed by atoms with Crippen molar-refractivity contribution in [3.63, 3.8) is 0 Å². The number of aryl methyl sites for hydroxylation is 3. The molecule has 0 bridgehead atoms. The summed E-state index contributed by atoms with van der Waals surface area (Å²) in [7, 11) is 0. The SMILES string of the molecule is Cc1cc(C)cc(Nc2cc(C)nc3c(-c4ccccc4)c(C(F)(F)F)nn23)c1. The van der Waals surface area contributed by atoms with Crippen LogP contribution in [0.2, 0.25) is 0 Å². The third-order valence-electron chi connectivity index (χ3n) is 4.54. The molecule has 0 aliphatic heterocycles. The van der Waals surface area contributed by atoms with E-state index in [2.05, 4.69) is 15.4 Å². The highest BCUT2D eigenvalue weighted by Crippen LogP contribution is 2.39. The maximum atomic E-state index is 13.8. The van der Waals surface area contributed by atoms with Gasteiger partial charge in [-0.25, -0.2) is 4.98 Å². The van der Waals surface area contributed by atoms with E-state index in [0.717, 1.165) is 16.8 Å². The largest absolute Gasteiger partial charge is 0.435 e. The van der Waals surface area contributed by atoms with Crippen molar-refractivity contribution in [3.05, 3.63) is 77.1 Å². The van der Waals surface area contributed by atoms with Crippen LogP contribution in [0, 0.1) is 20.8 Å². The van der Waals surface area contributed by atoms with Crippen molar-refractivity contribution >= 4 is 17.2 Å². The third kappa shape index (κ3) is 3.68. The van der Waals surface area contributed by atoms with Gasteiger partial charge in [0.1, 0.15) is 5.82 Å². The average molecular weight is 396 g/mol. The number of hydrogen-bond donors (Lipinski definition) is 1. The van der Waals surface area contributed by atoms with E-state index in [9.17, 15) is 13.2 Å². The first kappa shape index (κ1) is 19.0. The second-order valence-corrected chi connectivity index (χ2v) is 7.11. The summed E-state index contributed by atoms with van der Waals surface area (Å²) >= 11 is 0. The molecule has 148 valence electrons. The van der Waals surface area contributed by atoms with E-state index < -0.39 is 11.9 Å². The van der Waals surface area contributed by atoms with Crippen LogP contribution in [0.1, 0.15) is 22.5 Å². The molecule has 2 heterocycles. The first-order chi connectivity index (χ1) is 13.7. The summed E-state index contributed by atoms with van der Waals surface area (Å²) in [5.41, 5.74) is 3.08. The van der Waals surface area contributed by atoms with Crippen LogP contribution in [0.25, 0.3) is 16.8 Å². The molecule has 4 nitrogen and oxygen atoms in total. The number of nitrogens with zero attached hydrogens (tertiary/aromatic N) is 3. The fourth-order valence-electron chi connectivity index (χ4n) is 3.49. The minimum Gasteiger partial charge on any atom is -0.340 e. The van der Waals surface area contributed by atoms with Crippen molar-refractivity contribution in [2.75, 3.05) is 5.32 Å². The smallest absolute Gasteiger partial charge is 0.340 e. The summed E-state index contributed by atoms with van der Waals surface area (Å²) in [4.78, 5) is 4.38. The standard InChI is InChI=1S/C22H19F3N4/c1-13-9-14(2)11-17(10-13)27-18-12-15(3)26-21-19(16-7-5-4-6-8-16)20(22(23,24)25)28-29(18)21/h4-12,27H,1-3H3. The Morgan fingerprint density at radius 3 is 2.17 bits per heavy atom. The van der Waals surface area contributed by atoms with E-state index in [4.69, 9.17) is 0 Å². The molecule has 0 saturated heterocycles. The summed E-state index contributed by atoms with van der Waals surface area (Å²) in [6, 6.07) is 16.0. The highest BCUT2D eigenvalue weighted by Gasteiger charge is 2.39. The monoisotopic (exact) mass is 396 g/mol. The molecule has 0 aliphatic carbocycles. The molecule has 7 heteroatoms. The molecule has 0 saturated carbocycles. The normalized spacial score (nSPS) is 11.8. The Labute approximate surface area is 166 Å². The lowest BCUT2D eigenvalue weighted by Crippen LogP contribution is -2.08. The highest BCUT2D eigenvalue weighted by molar-refractivity contribution is 5.82. The van der Waals surface area contributed by atoms with Crippen LogP contribution in [-0.2, 0) is 6.18 Å². The molecule has 0 amide bonds. The maximum Gasteiger partial charge on any atom is 0.435 e. The van der Waals surface area contributed by atoms with Crippen molar-refractivity contribution in [1.29, 1.82) is 0 Å². The van der Waals surface area contributed by atoms with Gasteiger partial charge in [-0.3, -0.25) is 0 Å². The second-order valence-electron chi connectivity index (χ2n) is 7.11. The van der Waals surface area contributed by atoms with Gasteiger partial charge in [0, 0.05) is 17.4 Å². The van der Waals surface area contributed by atoms with Crippen molar-refractivity contribution in [2.24, 2.45) is 0 Å². The molecule has 0 aliphatic rings. The lowest BCUT2D eigenvalue weighted by atomic mass is 10.1. The van der Waals surface area contributed by atoms with Gasteiger partial charge in [-0.2, -0.15) is 22.8 Å². The zero-order valence-electron chi connectivity index (χ0n) is 16.2. The number of anilines is 2. The number of alkyl halides is 3. The van der Waals surface area contributed by atoms with E-state index in [1.165, 1.54) is 4.52 Å². The molecule has 0 fully saturated rings. The first-order valence-corrected chi connectivity index (χ1v) is 9.11. The maximum absolute atomic E-state index is 13.8. The number of nitrogens with one attached hydrogen (secondary N) is 1. The van der Waals surface area contributed by atoms with Gasteiger partial charge in [-0.15, -0.1) is 0 Å². The molecular formula is C22H19F3N4. The number of halogens is 3. The number of hydrogen-bond acceptors (Lipinski definition) is 3. The van der Waals surface area contributed by atoms with Gasteiger partial charge >= 0.3 is 6.18 Å². The quantitative estimate of drug-likeness (QED) is 0.456. The molecule has 4 rings (SSSR count). The van der Waals surface area contributed by atoms with Crippen LogP contribution in [0.3, 0.4) is 0 Å². The summed E-state index contributed by atoms with van der Waals surface area (Å²) in [6.45, 7) is 5.69. The first-order valence-electron chi connectivity index (χ1n) is 9.11. The zero-order chi connectivity index (χ0) is 20.8. The van der Waals surface area contributed by atoms with Crippen molar-refractivity contribution < 1.29 is 13.2 Å². The fraction of sp³-hybridized carbons (Fsp3) is 0.182. The van der Waals surface area contributed by atoms with E-state index >= 15 is 0 Å². The van der Waals surface area contributed by atoms with Gasteiger partial charge in [0.2, 0.25) is 0 Å². The molecule has 0 atom stereocenters. The van der Waals surface area contributed by atoms with Crippen LogP contribution in [0.5, 0.6) is 0 Å². The molecule has 0 unspecified atom stereocenters. The summed E-state index contributed by atoms with van der Waals surface area (Å²) in [6.07, 6.45) is -4.61. The number of rotatable bonds is 3. The Morgan fingerprint density at radius 1 is 0.897 bits per heavy atom. The minimum absolute atomic E-state index is 0.0229. The molecule has 2 aromatic carbocycles. The molecule has 0 radical (unpaired) electrons. The van der Waals surface area contributed by atoms with E-state index in [-0.39, 0.29) is 11.2 Å². The Bertz CT molecular complexity index is 1170. The molecular weight excluding hydrogens is 377 g/mol. The van der Waals surface area contributed by atoms with E-state index in [1.807, 2.05) is 32.0 Å². The summed E-state index contributed by atoms with van der Waals surface area (Å²) in [5, 5.41) is 7.12. The third-order valence-corrected chi connectivity index (χ3v) is 4.54. The number of benzene rings is 2. The fourth-order valence-corrected chi connectivity index (χ4v) is 3.49. The second kappa shape index (κ2) is 6.92. The van der Waals surface area contributed by atoms with Crippen LogP contribution in [-0.4, -0.2) is 14.6 Å². The van der Waals surface area contributed by atoms with Gasteiger partial charge in [0.15, 0.2) is 11.3 Å². The number of fused-ring (bicyclic) bond motifs is 1. The topological polar surface area (TPSA) is 42.2 Å². The van der Waals surface area contributed by atoms with Crippen molar-refractivity contribution in [1.82, 2.24) is 14.6 Å². The van der Waals surface area contributed by atoms with E-state index in [0.29, 0.717) is 17.1 Å². The Kier molecular flexibility index (Phi) is 4.53. The predicted molar refractivity (Wildman–Crippen MR) is 107 cm³/mol. The molecule has 29 heavy (non-hydrogen) atoms. The van der Waals surface area contributed by atoms with Gasteiger partial charge < -0.3 is 5.32 Å². The van der Waals surface area contributed by atoms with Gasteiger partial charge in [-0.05, 0) is 49.6 Å². The van der Waals surface area contributed by atoms with Crippen molar-refractivity contribution in [2.45, 2.75) is 26.9 Å². The number of aromatic nitrogens is 3. The highest BCUT2D eigenvalue weighted by atomic mass is 19.4. The average Bonchev–Trinajstić information content (AvgIpc) is 3.01. The summed E-state index contributed by atoms with van der Waals surface area (Å²) in [5.74, 6) is 0.421. The molecule has 2 aromatic heterocycles. The minimum atomic E-state index is -4.61. The Hall–Kier alpha value is -3.35. The molecule has 0 spiro atoms. The predicted octanol–water partition coefficient (Wildman–Crippen LogP) is 6.08. The van der Waals surface area contributed by atoms with Crippen LogP contribution in [0.4, 0.5) is 24.7 Å². The van der Waals surface area contributed by atoms with E-state index in [1.54, 1.807) is 43.3 Å². The van der Waals surface area contributed by atoms with Gasteiger partial charge in [-0.1, -0.05) is 36.4 Å². The lowest BCUT2D eigenvalue weighted by molar-refractivity contribution is -0.140. The van der Waals surface area contributed by atoms with Crippen LogP contribution >= 0.6 is 0 Å². The van der Waals surface area contributed by atoms with Crippen molar-refractivity contribution in [3.8, 4) is 11.1 Å². The molecule has 1 N–H and O–H groups in total. The Morgan fingerprint density at radius 2 is 1.55 bits per heavy atom. The van der Waals surface area contributed by atoms with Crippen LogP contribution < -0.4 is 5.32 Å².